The second-order valence-corrected chi connectivity index (χ2v) is 9.09. The van der Waals surface area contributed by atoms with Crippen molar-refractivity contribution in [2.75, 3.05) is 0 Å². The molecule has 0 heterocycles. The van der Waals surface area contributed by atoms with Crippen LogP contribution in [0.2, 0.25) is 0 Å². The number of carbonyl (C=O) groups is 2. The van der Waals surface area contributed by atoms with Crippen LogP contribution in [-0.4, -0.2) is 17.4 Å². The molecule has 0 amide bonds. The molecule has 0 spiro atoms. The second-order valence-electron chi connectivity index (χ2n) is 9.09. The van der Waals surface area contributed by atoms with E-state index in [1.54, 1.807) is 6.08 Å². The third-order valence-corrected chi connectivity index (χ3v) is 6.58. The first kappa shape index (κ1) is 25.4. The van der Waals surface area contributed by atoms with Gasteiger partial charge < -0.3 is 5.11 Å². The van der Waals surface area contributed by atoms with Crippen LogP contribution in [0, 0.1) is 0 Å². The second kappa shape index (κ2) is 11.8. The van der Waals surface area contributed by atoms with E-state index in [4.69, 9.17) is 5.11 Å². The molecule has 0 saturated carbocycles. The maximum Gasteiger partial charge on any atom is 0.328 e. The highest BCUT2D eigenvalue weighted by Gasteiger charge is 2.04. The van der Waals surface area contributed by atoms with Crippen LogP contribution in [-0.2, 0) is 4.79 Å². The van der Waals surface area contributed by atoms with Crippen molar-refractivity contribution in [2.24, 2.45) is 0 Å². The average molecular weight is 507 g/mol. The van der Waals surface area contributed by atoms with Gasteiger partial charge in [0.25, 0.3) is 0 Å². The van der Waals surface area contributed by atoms with Gasteiger partial charge in [-0.3, -0.25) is 4.79 Å². The average Bonchev–Trinajstić information content (AvgIpc) is 3.00. The van der Waals surface area contributed by atoms with Crippen LogP contribution in [0.4, 0.5) is 0 Å². The number of carboxylic acid groups (broad SMARTS) is 1. The summed E-state index contributed by atoms with van der Waals surface area (Å²) in [5.41, 5.74) is 6.23. The highest BCUT2D eigenvalue weighted by Crippen LogP contribution is 2.29. The Morgan fingerprint density at radius 3 is 1.41 bits per heavy atom. The van der Waals surface area contributed by atoms with Gasteiger partial charge in [-0.2, -0.15) is 0 Å². The van der Waals surface area contributed by atoms with Crippen LogP contribution < -0.4 is 0 Å². The number of rotatable bonds is 5. The lowest BCUT2D eigenvalue weighted by Gasteiger charge is -2.07. The van der Waals surface area contributed by atoms with Gasteiger partial charge in [0, 0.05) is 11.6 Å². The van der Waals surface area contributed by atoms with Gasteiger partial charge in [-0.25, -0.2) is 4.79 Å². The molecule has 6 aromatic rings. The summed E-state index contributed by atoms with van der Waals surface area (Å²) in [5.74, 6) is -0.937. The van der Waals surface area contributed by atoms with E-state index in [1.165, 1.54) is 32.7 Å². The molecular weight excluding hydrogens is 480 g/mol. The third kappa shape index (κ3) is 6.00. The van der Waals surface area contributed by atoms with E-state index in [0.29, 0.717) is 5.56 Å². The van der Waals surface area contributed by atoms with E-state index in [1.807, 2.05) is 72.8 Å². The van der Waals surface area contributed by atoms with Crippen molar-refractivity contribution in [2.45, 2.75) is 0 Å². The Kier molecular flexibility index (Phi) is 7.71. The SMILES string of the molecule is O=C(O)/C=C/c1ccc(-c2cccc3ccccc23)cc1.O=Cc1ccc(-c2cccc3ccccc23)cc1. The summed E-state index contributed by atoms with van der Waals surface area (Å²) in [6.07, 6.45) is 3.61. The molecule has 0 aliphatic heterocycles. The molecule has 3 heteroatoms. The first-order valence-electron chi connectivity index (χ1n) is 12.6. The lowest BCUT2D eigenvalue weighted by Crippen LogP contribution is -1.86. The van der Waals surface area contributed by atoms with Crippen molar-refractivity contribution < 1.29 is 14.7 Å². The van der Waals surface area contributed by atoms with E-state index < -0.39 is 5.97 Å². The normalized spacial score (nSPS) is 10.8. The molecule has 3 nitrogen and oxygen atoms in total. The van der Waals surface area contributed by atoms with E-state index in [9.17, 15) is 9.59 Å². The van der Waals surface area contributed by atoms with Crippen LogP contribution >= 0.6 is 0 Å². The number of carbonyl (C=O) groups excluding carboxylic acids is 1. The lowest BCUT2D eigenvalue weighted by molar-refractivity contribution is -0.131. The van der Waals surface area contributed by atoms with E-state index in [0.717, 1.165) is 29.1 Å². The number of benzene rings is 6. The summed E-state index contributed by atoms with van der Waals surface area (Å²) in [4.78, 5) is 21.2. The fourth-order valence-electron chi connectivity index (χ4n) is 4.64. The van der Waals surface area contributed by atoms with Gasteiger partial charge in [0.05, 0.1) is 0 Å². The van der Waals surface area contributed by atoms with Gasteiger partial charge in [0.2, 0.25) is 0 Å². The number of aldehydes is 1. The zero-order valence-corrected chi connectivity index (χ0v) is 21.2. The minimum Gasteiger partial charge on any atom is -0.478 e. The molecule has 0 aliphatic carbocycles. The summed E-state index contributed by atoms with van der Waals surface area (Å²) in [6.45, 7) is 0. The predicted octanol–water partition coefficient (Wildman–Crippen LogP) is 8.92. The van der Waals surface area contributed by atoms with Gasteiger partial charge >= 0.3 is 5.97 Å². The van der Waals surface area contributed by atoms with Gasteiger partial charge in [0.1, 0.15) is 6.29 Å². The fourth-order valence-corrected chi connectivity index (χ4v) is 4.64. The first-order chi connectivity index (χ1) is 19.1. The molecule has 6 aromatic carbocycles. The molecule has 0 aromatic heterocycles. The molecular formula is C36H26O3. The summed E-state index contributed by atoms with van der Waals surface area (Å²) < 4.78 is 0. The summed E-state index contributed by atoms with van der Waals surface area (Å²) in [7, 11) is 0. The minimum atomic E-state index is -0.937. The lowest BCUT2D eigenvalue weighted by atomic mass is 9.97. The standard InChI is InChI=1S/C19H14O2.C17H12O/c20-19(21)13-10-14-8-11-16(12-9-14)18-7-3-5-15-4-1-2-6-17(15)18;18-12-13-8-10-15(11-9-13)17-7-3-5-14-4-1-2-6-16(14)17/h1-13H,(H,20,21);1-12H/b13-10+;. The largest absolute Gasteiger partial charge is 0.478 e. The van der Waals surface area contributed by atoms with Crippen LogP contribution in [0.25, 0.3) is 49.9 Å². The van der Waals surface area contributed by atoms with Crippen molar-refractivity contribution >= 4 is 39.9 Å². The highest BCUT2D eigenvalue weighted by molar-refractivity contribution is 5.97. The Balaban J connectivity index is 0.000000160. The molecule has 0 radical (unpaired) electrons. The monoisotopic (exact) mass is 506 g/mol. The maximum atomic E-state index is 10.7. The predicted molar refractivity (Wildman–Crippen MR) is 161 cm³/mol. The Morgan fingerprint density at radius 2 is 0.949 bits per heavy atom. The van der Waals surface area contributed by atoms with Crippen LogP contribution in [0.15, 0.2) is 140 Å². The third-order valence-electron chi connectivity index (χ3n) is 6.58. The van der Waals surface area contributed by atoms with Crippen molar-refractivity contribution in [3.8, 4) is 22.3 Å². The van der Waals surface area contributed by atoms with Crippen molar-refractivity contribution in [3.63, 3.8) is 0 Å². The molecule has 0 aliphatic rings. The topological polar surface area (TPSA) is 54.4 Å². The van der Waals surface area contributed by atoms with Crippen molar-refractivity contribution in [3.05, 3.63) is 151 Å². The van der Waals surface area contributed by atoms with Gasteiger partial charge in [-0.1, -0.05) is 133 Å². The van der Waals surface area contributed by atoms with E-state index in [2.05, 4.69) is 60.7 Å². The number of carboxylic acids is 1. The zero-order chi connectivity index (χ0) is 27.0. The number of fused-ring (bicyclic) bond motifs is 2. The van der Waals surface area contributed by atoms with Crippen LogP contribution in [0.1, 0.15) is 15.9 Å². The number of hydrogen-bond donors (Lipinski definition) is 1. The molecule has 0 atom stereocenters. The molecule has 188 valence electrons. The molecule has 0 unspecified atom stereocenters. The van der Waals surface area contributed by atoms with Gasteiger partial charge in [0.15, 0.2) is 0 Å². The molecule has 0 saturated heterocycles. The smallest absolute Gasteiger partial charge is 0.328 e. The zero-order valence-electron chi connectivity index (χ0n) is 21.2. The Labute approximate surface area is 227 Å². The molecule has 1 N–H and O–H groups in total. The number of hydrogen-bond acceptors (Lipinski definition) is 2. The van der Waals surface area contributed by atoms with Crippen LogP contribution in [0.5, 0.6) is 0 Å². The first-order valence-corrected chi connectivity index (χ1v) is 12.6. The Morgan fingerprint density at radius 1 is 0.513 bits per heavy atom. The number of aliphatic carboxylic acids is 1. The minimum absolute atomic E-state index is 0.707. The fraction of sp³-hybridized carbons (Fsp3) is 0. The quantitative estimate of drug-likeness (QED) is 0.188. The molecule has 0 fully saturated rings. The van der Waals surface area contributed by atoms with Crippen LogP contribution in [0.3, 0.4) is 0 Å². The summed E-state index contributed by atoms with van der Waals surface area (Å²) in [5, 5.41) is 13.5. The Hall–Kier alpha value is -5.28. The summed E-state index contributed by atoms with van der Waals surface area (Å²) >= 11 is 0. The molecule has 0 bridgehead atoms. The van der Waals surface area contributed by atoms with Gasteiger partial charge in [-0.15, -0.1) is 0 Å². The highest BCUT2D eigenvalue weighted by atomic mass is 16.4. The maximum absolute atomic E-state index is 10.7. The molecule has 6 rings (SSSR count). The molecule has 39 heavy (non-hydrogen) atoms. The van der Waals surface area contributed by atoms with E-state index in [-0.39, 0.29) is 0 Å². The van der Waals surface area contributed by atoms with Crippen molar-refractivity contribution in [1.29, 1.82) is 0 Å². The Bertz CT molecular complexity index is 1770. The van der Waals surface area contributed by atoms with Gasteiger partial charge in [-0.05, 0) is 55.4 Å². The van der Waals surface area contributed by atoms with E-state index >= 15 is 0 Å². The summed E-state index contributed by atoms with van der Waals surface area (Å²) in [6, 6.07) is 44.7. The van der Waals surface area contributed by atoms with Crippen molar-refractivity contribution in [1.82, 2.24) is 0 Å².